The second kappa shape index (κ2) is 6.24. The normalized spacial score (nSPS) is 19.4. The number of ether oxygens (including phenoxy) is 1. The number of aromatic amines is 1. The molecule has 0 spiro atoms. The molecule has 0 radical (unpaired) electrons. The van der Waals surface area contributed by atoms with Crippen LogP contribution in [0, 0.1) is 6.92 Å². The predicted molar refractivity (Wildman–Crippen MR) is 98.0 cm³/mol. The van der Waals surface area contributed by atoms with Crippen molar-refractivity contribution in [1.82, 2.24) is 9.97 Å². The molecule has 1 aliphatic rings. The third kappa shape index (κ3) is 3.22. The largest absolute Gasteiger partial charge is 0.490 e. The number of fused-ring (bicyclic) bond motifs is 1. The molecule has 4 rings (SSSR count). The Kier molecular flexibility index (Phi) is 3.92. The van der Waals surface area contributed by atoms with E-state index in [9.17, 15) is 4.79 Å². The molecule has 3 aromatic rings. The van der Waals surface area contributed by atoms with Crippen molar-refractivity contribution < 1.29 is 9.53 Å². The van der Waals surface area contributed by atoms with E-state index in [-0.39, 0.29) is 12.0 Å². The lowest BCUT2D eigenvalue weighted by atomic mass is 9.78. The van der Waals surface area contributed by atoms with Crippen LogP contribution in [0.1, 0.15) is 36.9 Å². The van der Waals surface area contributed by atoms with Crippen LogP contribution < -0.4 is 10.1 Å². The fourth-order valence-corrected chi connectivity index (χ4v) is 3.31. The molecule has 25 heavy (non-hydrogen) atoms. The highest BCUT2D eigenvalue weighted by molar-refractivity contribution is 6.01. The summed E-state index contributed by atoms with van der Waals surface area (Å²) in [5.74, 6) is 1.29. The predicted octanol–water partition coefficient (Wildman–Crippen LogP) is 4.15. The van der Waals surface area contributed by atoms with E-state index in [0.717, 1.165) is 40.9 Å². The van der Waals surface area contributed by atoms with Crippen LogP contribution in [0.3, 0.4) is 0 Å². The minimum atomic E-state index is -0.0826. The Morgan fingerprint density at radius 3 is 2.84 bits per heavy atom. The fraction of sp³-hybridized carbons (Fsp3) is 0.300. The minimum Gasteiger partial charge on any atom is -0.490 e. The summed E-state index contributed by atoms with van der Waals surface area (Å²) >= 11 is 0. The number of anilines is 1. The van der Waals surface area contributed by atoms with E-state index in [4.69, 9.17) is 4.74 Å². The van der Waals surface area contributed by atoms with Gasteiger partial charge < -0.3 is 15.0 Å². The van der Waals surface area contributed by atoms with E-state index in [1.54, 1.807) is 6.20 Å². The number of amides is 1. The van der Waals surface area contributed by atoms with E-state index in [1.807, 2.05) is 31.3 Å². The van der Waals surface area contributed by atoms with Gasteiger partial charge in [0.2, 0.25) is 5.91 Å². The molecular weight excluding hydrogens is 314 g/mol. The van der Waals surface area contributed by atoms with Gasteiger partial charge in [-0.05, 0) is 55.5 Å². The summed E-state index contributed by atoms with van der Waals surface area (Å²) in [6.07, 6.45) is 6.02. The van der Waals surface area contributed by atoms with E-state index >= 15 is 0 Å². The van der Waals surface area contributed by atoms with Crippen molar-refractivity contribution >= 4 is 22.5 Å². The lowest BCUT2D eigenvalue weighted by Gasteiger charge is -2.35. The molecule has 128 valence electrons. The zero-order valence-electron chi connectivity index (χ0n) is 14.4. The van der Waals surface area contributed by atoms with Gasteiger partial charge in [0.1, 0.15) is 5.75 Å². The highest BCUT2D eigenvalue weighted by Crippen LogP contribution is 2.39. The van der Waals surface area contributed by atoms with Crippen molar-refractivity contribution in [2.24, 2.45) is 0 Å². The molecule has 0 bridgehead atoms. The molecule has 1 amide bonds. The summed E-state index contributed by atoms with van der Waals surface area (Å²) < 4.78 is 6.12. The SMILES string of the molecule is CC(=O)Nc1c[nH]c2ccc(O[C@H]3C[C@@H](c4ccc(C)nc4)C3)cc12. The minimum absolute atomic E-state index is 0.0826. The van der Waals surface area contributed by atoms with Crippen LogP contribution in [0.5, 0.6) is 5.75 Å². The van der Waals surface area contributed by atoms with Gasteiger partial charge in [-0.3, -0.25) is 9.78 Å². The van der Waals surface area contributed by atoms with Crippen LogP contribution in [-0.4, -0.2) is 22.0 Å². The summed E-state index contributed by atoms with van der Waals surface area (Å²) in [5, 5.41) is 3.80. The number of nitrogens with one attached hydrogen (secondary N) is 2. The molecule has 1 fully saturated rings. The van der Waals surface area contributed by atoms with Crippen molar-refractivity contribution in [3.8, 4) is 5.75 Å². The Morgan fingerprint density at radius 1 is 1.28 bits per heavy atom. The number of carbonyl (C=O) groups excluding carboxylic acids is 1. The molecule has 5 nitrogen and oxygen atoms in total. The first-order valence-electron chi connectivity index (χ1n) is 8.56. The van der Waals surface area contributed by atoms with Crippen LogP contribution in [-0.2, 0) is 4.79 Å². The first-order valence-corrected chi connectivity index (χ1v) is 8.56. The Balaban J connectivity index is 1.43. The second-order valence-electron chi connectivity index (χ2n) is 6.73. The number of carbonyl (C=O) groups is 1. The molecule has 0 atom stereocenters. The molecule has 0 aliphatic heterocycles. The fourth-order valence-electron chi connectivity index (χ4n) is 3.31. The smallest absolute Gasteiger partial charge is 0.221 e. The summed E-state index contributed by atoms with van der Waals surface area (Å²) in [5.41, 5.74) is 4.10. The monoisotopic (exact) mass is 335 g/mol. The molecular formula is C20H21N3O2. The zero-order valence-corrected chi connectivity index (χ0v) is 14.4. The van der Waals surface area contributed by atoms with E-state index < -0.39 is 0 Å². The highest BCUT2D eigenvalue weighted by Gasteiger charge is 2.32. The van der Waals surface area contributed by atoms with Gasteiger partial charge in [0.25, 0.3) is 0 Å². The van der Waals surface area contributed by atoms with Gasteiger partial charge in [0.15, 0.2) is 0 Å². The summed E-state index contributed by atoms with van der Waals surface area (Å²) in [4.78, 5) is 18.8. The molecule has 0 unspecified atom stereocenters. The molecule has 1 saturated carbocycles. The van der Waals surface area contributed by atoms with Crippen LogP contribution >= 0.6 is 0 Å². The van der Waals surface area contributed by atoms with Gasteiger partial charge in [-0.25, -0.2) is 0 Å². The molecule has 1 aliphatic carbocycles. The number of H-pyrrole nitrogens is 1. The summed E-state index contributed by atoms with van der Waals surface area (Å²) in [6, 6.07) is 10.2. The molecule has 5 heteroatoms. The average molecular weight is 335 g/mol. The highest BCUT2D eigenvalue weighted by atomic mass is 16.5. The maximum Gasteiger partial charge on any atom is 0.221 e. The van der Waals surface area contributed by atoms with Crippen LogP contribution in [0.4, 0.5) is 5.69 Å². The van der Waals surface area contributed by atoms with E-state index in [0.29, 0.717) is 5.92 Å². The van der Waals surface area contributed by atoms with Crippen molar-refractivity contribution in [3.63, 3.8) is 0 Å². The average Bonchev–Trinajstić information content (AvgIpc) is 2.93. The number of aromatic nitrogens is 2. The molecule has 0 saturated heterocycles. The van der Waals surface area contributed by atoms with Crippen molar-refractivity contribution in [1.29, 1.82) is 0 Å². The van der Waals surface area contributed by atoms with Gasteiger partial charge in [-0.2, -0.15) is 0 Å². The Labute approximate surface area is 146 Å². The second-order valence-corrected chi connectivity index (χ2v) is 6.73. The van der Waals surface area contributed by atoms with Gasteiger partial charge in [-0.15, -0.1) is 0 Å². The Hall–Kier alpha value is -2.82. The number of pyridine rings is 1. The summed E-state index contributed by atoms with van der Waals surface area (Å²) in [6.45, 7) is 3.51. The third-order valence-corrected chi connectivity index (χ3v) is 4.77. The Bertz CT molecular complexity index is 908. The van der Waals surface area contributed by atoms with Gasteiger partial charge in [0.05, 0.1) is 11.8 Å². The first-order chi connectivity index (χ1) is 12.1. The standard InChI is InChI=1S/C20H21N3O2/c1-12-3-4-14(10-21-12)15-7-17(8-15)25-16-5-6-19-18(9-16)20(11-22-19)23-13(2)24/h3-6,9-11,15,17,22H,7-8H2,1-2H3,(H,23,24)/t15-,17+. The zero-order chi connectivity index (χ0) is 17.4. The van der Waals surface area contributed by atoms with Gasteiger partial charge >= 0.3 is 0 Å². The molecule has 2 heterocycles. The summed E-state index contributed by atoms with van der Waals surface area (Å²) in [7, 11) is 0. The molecule has 2 aromatic heterocycles. The molecule has 2 N–H and O–H groups in total. The quantitative estimate of drug-likeness (QED) is 0.752. The van der Waals surface area contributed by atoms with E-state index in [1.165, 1.54) is 12.5 Å². The lowest BCUT2D eigenvalue weighted by molar-refractivity contribution is -0.114. The number of rotatable bonds is 4. The van der Waals surface area contributed by atoms with Crippen LogP contribution in [0.25, 0.3) is 10.9 Å². The maximum absolute atomic E-state index is 11.3. The van der Waals surface area contributed by atoms with E-state index in [2.05, 4.69) is 27.4 Å². The van der Waals surface area contributed by atoms with Gasteiger partial charge in [0, 0.05) is 35.9 Å². The van der Waals surface area contributed by atoms with Crippen molar-refractivity contribution in [2.45, 2.75) is 38.7 Å². The van der Waals surface area contributed by atoms with Gasteiger partial charge in [-0.1, -0.05) is 6.07 Å². The molecule has 1 aromatic carbocycles. The van der Waals surface area contributed by atoms with Crippen molar-refractivity contribution in [2.75, 3.05) is 5.32 Å². The third-order valence-electron chi connectivity index (χ3n) is 4.77. The number of hydrogen-bond acceptors (Lipinski definition) is 3. The lowest BCUT2D eigenvalue weighted by Crippen LogP contribution is -2.32. The number of benzene rings is 1. The maximum atomic E-state index is 11.3. The first kappa shape index (κ1) is 15.7. The number of nitrogens with zero attached hydrogens (tertiary/aromatic N) is 1. The topological polar surface area (TPSA) is 67.0 Å². The van der Waals surface area contributed by atoms with Crippen molar-refractivity contribution in [3.05, 3.63) is 54.0 Å². The Morgan fingerprint density at radius 2 is 2.12 bits per heavy atom. The van der Waals surface area contributed by atoms with Crippen LogP contribution in [0.15, 0.2) is 42.7 Å². The van der Waals surface area contributed by atoms with Crippen LogP contribution in [0.2, 0.25) is 0 Å². The number of aryl methyl sites for hydroxylation is 1. The number of hydrogen-bond donors (Lipinski definition) is 2.